The van der Waals surface area contributed by atoms with Crippen LogP contribution in [0.1, 0.15) is 18.5 Å². The quantitative estimate of drug-likeness (QED) is 0.187. The molecule has 4 rings (SSSR count). The Morgan fingerprint density at radius 3 is 2.69 bits per heavy atom. The molecule has 168 valence electrons. The normalized spacial score (nSPS) is 20.8. The maximum atomic E-state index is 12.8. The summed E-state index contributed by atoms with van der Waals surface area (Å²) in [6, 6.07) is -1.57. The first-order chi connectivity index (χ1) is 15.2. The van der Waals surface area contributed by atoms with Gasteiger partial charge in [0.25, 0.3) is 11.8 Å². The Hall–Kier alpha value is -2.39. The maximum Gasteiger partial charge on any atom is 0.353 e. The standard InChI is InChI=1S/C16H12Cl2N6O5S3/c17-11-8(22-16(19)32-11)9(23-29)12(25)21-7-4-1-2-5(31-6-3-30-15(18)20-6)10(14(27)28)24(4)13(7)26/h3-4,7,29H,1-2H2,(H2,19,22)(H,21,25)(H,27,28)/b23-9-/t4-,7+/m1/s1. The number of hydrogen-bond acceptors (Lipinski definition) is 11. The number of carboxylic acid groups (broad SMARTS) is 1. The molecule has 0 aromatic carbocycles. The smallest absolute Gasteiger partial charge is 0.353 e. The van der Waals surface area contributed by atoms with Crippen molar-refractivity contribution in [2.24, 2.45) is 5.16 Å². The van der Waals surface area contributed by atoms with Crippen LogP contribution in [-0.4, -0.2) is 60.8 Å². The monoisotopic (exact) mass is 534 g/mol. The predicted molar refractivity (Wildman–Crippen MR) is 119 cm³/mol. The number of carbonyl (C=O) groups excluding carboxylic acids is 2. The number of nitrogens with one attached hydrogen (secondary N) is 1. The van der Waals surface area contributed by atoms with Crippen molar-refractivity contribution in [3.8, 4) is 0 Å². The molecule has 0 unspecified atom stereocenters. The number of aromatic nitrogens is 2. The summed E-state index contributed by atoms with van der Waals surface area (Å²) in [5.41, 5.74) is 4.78. The zero-order valence-electron chi connectivity index (χ0n) is 15.6. The highest BCUT2D eigenvalue weighted by atomic mass is 35.5. The molecule has 2 aromatic heterocycles. The molecular formula is C16H12Cl2N6O5S3. The van der Waals surface area contributed by atoms with E-state index in [9.17, 15) is 24.7 Å². The number of thiazole rings is 2. The molecule has 2 aliphatic rings. The molecule has 2 aliphatic heterocycles. The molecule has 5 N–H and O–H groups in total. The van der Waals surface area contributed by atoms with E-state index >= 15 is 0 Å². The van der Waals surface area contributed by atoms with Gasteiger partial charge in [0, 0.05) is 10.3 Å². The van der Waals surface area contributed by atoms with E-state index < -0.39 is 35.6 Å². The van der Waals surface area contributed by atoms with Crippen LogP contribution in [0.5, 0.6) is 0 Å². The van der Waals surface area contributed by atoms with Crippen LogP contribution in [0.3, 0.4) is 0 Å². The summed E-state index contributed by atoms with van der Waals surface area (Å²) in [6.07, 6.45) is 0.765. The van der Waals surface area contributed by atoms with Crippen molar-refractivity contribution in [1.82, 2.24) is 20.2 Å². The number of aliphatic carboxylic acids is 1. The number of nitrogen functional groups attached to an aromatic ring is 1. The third-order valence-corrected chi connectivity index (χ3v) is 7.98. The molecule has 2 amide bonds. The Morgan fingerprint density at radius 1 is 1.38 bits per heavy atom. The van der Waals surface area contributed by atoms with Crippen molar-refractivity contribution in [2.45, 2.75) is 30.0 Å². The largest absolute Gasteiger partial charge is 0.477 e. The maximum absolute atomic E-state index is 12.8. The Labute approximate surface area is 201 Å². The van der Waals surface area contributed by atoms with Crippen LogP contribution < -0.4 is 11.1 Å². The molecule has 0 radical (unpaired) electrons. The van der Waals surface area contributed by atoms with Crippen LogP contribution in [0.15, 0.2) is 26.2 Å². The number of carboxylic acids is 1. The fourth-order valence-corrected chi connectivity index (χ4v) is 6.30. The summed E-state index contributed by atoms with van der Waals surface area (Å²) in [5.74, 6) is -2.76. The van der Waals surface area contributed by atoms with Crippen molar-refractivity contribution in [1.29, 1.82) is 0 Å². The van der Waals surface area contributed by atoms with Crippen LogP contribution in [0.2, 0.25) is 8.80 Å². The number of anilines is 1. The summed E-state index contributed by atoms with van der Waals surface area (Å²) in [7, 11) is 0. The molecule has 1 fully saturated rings. The van der Waals surface area contributed by atoms with E-state index in [0.717, 1.165) is 28.0 Å². The second kappa shape index (κ2) is 8.86. The zero-order chi connectivity index (χ0) is 23.2. The summed E-state index contributed by atoms with van der Waals surface area (Å²) in [6.45, 7) is 0. The first-order valence-corrected chi connectivity index (χ1v) is 12.0. The highest BCUT2D eigenvalue weighted by Crippen LogP contribution is 2.43. The van der Waals surface area contributed by atoms with Gasteiger partial charge in [-0.05, 0) is 12.8 Å². The highest BCUT2D eigenvalue weighted by Gasteiger charge is 2.54. The molecule has 0 aliphatic carbocycles. The number of amides is 2. The molecule has 1 saturated heterocycles. The van der Waals surface area contributed by atoms with Gasteiger partial charge in [0.15, 0.2) is 15.3 Å². The van der Waals surface area contributed by atoms with Crippen LogP contribution >= 0.6 is 57.6 Å². The lowest BCUT2D eigenvalue weighted by Crippen LogP contribution is -2.72. The lowest BCUT2D eigenvalue weighted by atomic mass is 9.86. The fraction of sp³-hybridized carbons (Fsp3) is 0.250. The van der Waals surface area contributed by atoms with E-state index in [1.165, 1.54) is 11.3 Å². The summed E-state index contributed by atoms with van der Waals surface area (Å²) in [4.78, 5) is 46.9. The van der Waals surface area contributed by atoms with Gasteiger partial charge >= 0.3 is 5.97 Å². The number of rotatable bonds is 6. The van der Waals surface area contributed by atoms with Crippen LogP contribution in [0.4, 0.5) is 5.13 Å². The number of halogens is 2. The number of oxime groups is 1. The van der Waals surface area contributed by atoms with Gasteiger partial charge < -0.3 is 21.4 Å². The van der Waals surface area contributed by atoms with E-state index in [1.807, 2.05) is 0 Å². The number of carbonyl (C=O) groups is 3. The molecular weight excluding hydrogens is 523 g/mol. The van der Waals surface area contributed by atoms with Crippen molar-refractivity contribution in [3.63, 3.8) is 0 Å². The highest BCUT2D eigenvalue weighted by molar-refractivity contribution is 8.03. The second-order valence-electron chi connectivity index (χ2n) is 6.51. The van der Waals surface area contributed by atoms with Crippen LogP contribution in [0, 0.1) is 0 Å². The van der Waals surface area contributed by atoms with Gasteiger partial charge in [-0.1, -0.05) is 51.5 Å². The first-order valence-electron chi connectivity index (χ1n) is 8.74. The van der Waals surface area contributed by atoms with Crippen molar-refractivity contribution in [3.05, 3.63) is 30.5 Å². The third-order valence-electron chi connectivity index (χ3n) is 4.71. The van der Waals surface area contributed by atoms with Crippen LogP contribution in [-0.2, 0) is 14.4 Å². The third kappa shape index (κ3) is 4.03. The number of β-lactam (4-membered cyclic amide) rings is 1. The Bertz CT molecular complexity index is 1190. The minimum atomic E-state index is -1.26. The number of thioether (sulfide) groups is 1. The number of fused-ring (bicyclic) bond motifs is 1. The van der Waals surface area contributed by atoms with E-state index in [0.29, 0.717) is 27.2 Å². The first kappa shape index (κ1) is 22.8. The summed E-state index contributed by atoms with van der Waals surface area (Å²) < 4.78 is 0.370. The van der Waals surface area contributed by atoms with E-state index in [-0.39, 0.29) is 20.9 Å². The van der Waals surface area contributed by atoms with Gasteiger partial charge in [-0.3, -0.25) is 14.5 Å². The minimum absolute atomic E-state index is 0.0459. The molecule has 11 nitrogen and oxygen atoms in total. The van der Waals surface area contributed by atoms with E-state index in [2.05, 4.69) is 20.4 Å². The Kier molecular flexibility index (Phi) is 6.31. The van der Waals surface area contributed by atoms with Gasteiger partial charge in [-0.2, -0.15) is 0 Å². The number of nitrogens with zero attached hydrogens (tertiary/aromatic N) is 4. The Morgan fingerprint density at radius 2 is 2.12 bits per heavy atom. The summed E-state index contributed by atoms with van der Waals surface area (Å²) >= 11 is 15.0. The molecule has 32 heavy (non-hydrogen) atoms. The molecule has 16 heteroatoms. The topological polar surface area (TPSA) is 171 Å². The van der Waals surface area contributed by atoms with Crippen LogP contribution in [0.25, 0.3) is 0 Å². The van der Waals surface area contributed by atoms with Gasteiger partial charge in [0.1, 0.15) is 26.8 Å². The number of nitrogens with two attached hydrogens (primary N) is 1. The number of hydrogen-bond donors (Lipinski definition) is 4. The summed E-state index contributed by atoms with van der Waals surface area (Å²) in [5, 5.41) is 26.7. The predicted octanol–water partition coefficient (Wildman–Crippen LogP) is 2.24. The SMILES string of the molecule is Nc1nc(/C(=N/O)C(=O)N[C@@H]2C(=O)N3C(C(=O)O)=C(Sc4csc(Cl)n4)CC[C@H]23)c(Cl)s1. The second-order valence-corrected chi connectivity index (χ2v) is 10.7. The number of allylic oxidation sites excluding steroid dienone is 1. The van der Waals surface area contributed by atoms with Gasteiger partial charge in [0.05, 0.1) is 6.04 Å². The van der Waals surface area contributed by atoms with Gasteiger partial charge in [0.2, 0.25) is 0 Å². The lowest BCUT2D eigenvalue weighted by Gasteiger charge is -2.50. The van der Waals surface area contributed by atoms with Crippen molar-refractivity contribution < 1.29 is 24.7 Å². The zero-order valence-corrected chi connectivity index (χ0v) is 19.6. The Balaban J connectivity index is 1.53. The lowest BCUT2D eigenvalue weighted by molar-refractivity contribution is -0.155. The fourth-order valence-electron chi connectivity index (χ4n) is 3.41. The average Bonchev–Trinajstić information content (AvgIpc) is 3.30. The molecule has 4 heterocycles. The average molecular weight is 535 g/mol. The van der Waals surface area contributed by atoms with E-state index in [4.69, 9.17) is 28.9 Å². The minimum Gasteiger partial charge on any atom is -0.477 e. The van der Waals surface area contributed by atoms with Crippen molar-refractivity contribution in [2.75, 3.05) is 5.73 Å². The van der Waals surface area contributed by atoms with E-state index in [1.54, 1.807) is 5.38 Å². The van der Waals surface area contributed by atoms with Gasteiger partial charge in [-0.25, -0.2) is 14.8 Å². The molecule has 0 bridgehead atoms. The molecule has 0 spiro atoms. The molecule has 2 aromatic rings. The molecule has 2 atom stereocenters. The molecule has 0 saturated carbocycles. The van der Waals surface area contributed by atoms with Crippen molar-refractivity contribution >= 4 is 86.3 Å². The van der Waals surface area contributed by atoms with Gasteiger partial charge in [-0.15, -0.1) is 11.3 Å².